The van der Waals surface area contributed by atoms with E-state index in [0.29, 0.717) is 6.04 Å². The summed E-state index contributed by atoms with van der Waals surface area (Å²) in [6.07, 6.45) is 18.3. The van der Waals surface area contributed by atoms with E-state index < -0.39 is 0 Å². The number of aromatic nitrogens is 2. The molecule has 2 unspecified atom stereocenters. The van der Waals surface area contributed by atoms with Crippen LogP contribution in [0.4, 0.5) is 0 Å². The van der Waals surface area contributed by atoms with E-state index in [1.54, 1.807) is 0 Å². The minimum Gasteiger partial charge on any atom is -0.250 e. The first-order valence-corrected chi connectivity index (χ1v) is 9.92. The smallest absolute Gasteiger partial charge is 0.241 e. The summed E-state index contributed by atoms with van der Waals surface area (Å²) in [6.45, 7) is 4.60. The van der Waals surface area contributed by atoms with Gasteiger partial charge in [-0.05, 0) is 24.8 Å². The highest BCUT2D eigenvalue weighted by atomic mass is 15.1. The van der Waals surface area contributed by atoms with Crippen molar-refractivity contribution in [2.45, 2.75) is 77.7 Å². The predicted octanol–water partition coefficient (Wildman–Crippen LogP) is 5.86. The third-order valence-electron chi connectivity index (χ3n) is 5.10. The molecule has 0 spiro atoms. The van der Waals surface area contributed by atoms with Crippen LogP contribution in [-0.4, -0.2) is 4.98 Å². The molecule has 24 heavy (non-hydrogen) atoms. The molecule has 2 nitrogen and oxygen atoms in total. The van der Waals surface area contributed by atoms with Crippen molar-refractivity contribution in [1.29, 1.82) is 0 Å². The van der Waals surface area contributed by atoms with Gasteiger partial charge in [-0.15, -0.1) is 0 Å². The minimum absolute atomic E-state index is 0.604. The molecule has 2 atom stereocenters. The number of rotatable bonds is 12. The van der Waals surface area contributed by atoms with Crippen molar-refractivity contribution in [2.75, 3.05) is 0 Å². The summed E-state index contributed by atoms with van der Waals surface area (Å²) in [5, 5.41) is 0. The molecular formula is C22H35N2+. The largest absolute Gasteiger partial charge is 0.250 e. The molecule has 0 amide bonds. The number of imidazole rings is 1. The Balaban J connectivity index is 2.04. The van der Waals surface area contributed by atoms with Crippen LogP contribution in [-0.2, 0) is 6.42 Å². The van der Waals surface area contributed by atoms with Gasteiger partial charge in [-0.1, -0.05) is 82.7 Å². The second kappa shape index (κ2) is 11.1. The molecule has 0 radical (unpaired) electrons. The lowest BCUT2D eigenvalue weighted by Crippen LogP contribution is -2.42. The first-order valence-electron chi connectivity index (χ1n) is 9.92. The molecule has 0 aliphatic rings. The van der Waals surface area contributed by atoms with Crippen LogP contribution in [0.1, 0.15) is 76.8 Å². The van der Waals surface area contributed by atoms with Gasteiger partial charge in [-0.25, -0.2) is 4.57 Å². The van der Waals surface area contributed by atoms with Crippen molar-refractivity contribution in [3.63, 3.8) is 0 Å². The Morgan fingerprint density at radius 1 is 0.917 bits per heavy atom. The Morgan fingerprint density at radius 3 is 2.38 bits per heavy atom. The van der Waals surface area contributed by atoms with Gasteiger partial charge in [0.05, 0.1) is 0 Å². The molecule has 2 heteroatoms. The highest BCUT2D eigenvalue weighted by Crippen LogP contribution is 2.27. The van der Waals surface area contributed by atoms with Gasteiger partial charge in [-0.3, -0.25) is 4.98 Å². The summed E-state index contributed by atoms with van der Waals surface area (Å²) < 4.78 is 2.41. The number of nitrogens with one attached hydrogen (secondary N) is 1. The maximum Gasteiger partial charge on any atom is 0.241 e. The van der Waals surface area contributed by atoms with Gasteiger partial charge in [0.15, 0.2) is 0 Å². The number of aromatic amines is 1. The number of H-pyrrole nitrogens is 1. The van der Waals surface area contributed by atoms with E-state index in [2.05, 4.69) is 66.3 Å². The van der Waals surface area contributed by atoms with Crippen LogP contribution in [0.15, 0.2) is 49.1 Å². The lowest BCUT2D eigenvalue weighted by Gasteiger charge is -2.25. The maximum atomic E-state index is 3.23. The van der Waals surface area contributed by atoms with Crippen LogP contribution < -0.4 is 4.57 Å². The van der Waals surface area contributed by atoms with Gasteiger partial charge in [0.1, 0.15) is 18.4 Å². The average Bonchev–Trinajstić information content (AvgIpc) is 3.14. The fraction of sp³-hybridized carbons (Fsp3) is 0.591. The number of unbranched alkanes of at least 4 members (excludes halogenated alkanes) is 4. The molecule has 0 fully saturated rings. The maximum absolute atomic E-state index is 3.23. The number of benzene rings is 1. The summed E-state index contributed by atoms with van der Waals surface area (Å²) in [6, 6.07) is 11.6. The molecule has 0 saturated carbocycles. The van der Waals surface area contributed by atoms with Gasteiger partial charge in [-0.2, -0.15) is 0 Å². The zero-order chi connectivity index (χ0) is 17.0. The fourth-order valence-electron chi connectivity index (χ4n) is 3.79. The Labute approximate surface area is 148 Å². The topological polar surface area (TPSA) is 19.7 Å². The SMILES string of the molecule is CCCCCCCC(Cc1ccccc1)C(CCC)[n+]1cc[nH]c1. The van der Waals surface area contributed by atoms with E-state index >= 15 is 0 Å². The van der Waals surface area contributed by atoms with E-state index in [9.17, 15) is 0 Å². The molecule has 1 aromatic carbocycles. The molecular weight excluding hydrogens is 292 g/mol. The number of nitrogens with zero attached hydrogens (tertiary/aromatic N) is 1. The molecule has 132 valence electrons. The van der Waals surface area contributed by atoms with E-state index in [1.165, 1.54) is 63.4 Å². The molecule has 1 aromatic heterocycles. The highest BCUT2D eigenvalue weighted by Gasteiger charge is 2.26. The van der Waals surface area contributed by atoms with Crippen molar-refractivity contribution < 1.29 is 4.57 Å². The third kappa shape index (κ3) is 6.14. The summed E-state index contributed by atoms with van der Waals surface area (Å²) in [4.78, 5) is 3.23. The van der Waals surface area contributed by atoms with Gasteiger partial charge < -0.3 is 0 Å². The summed E-state index contributed by atoms with van der Waals surface area (Å²) in [5.74, 6) is 0.717. The van der Waals surface area contributed by atoms with Crippen LogP contribution in [0.25, 0.3) is 0 Å². The van der Waals surface area contributed by atoms with Crippen molar-refractivity contribution in [1.82, 2.24) is 4.98 Å². The third-order valence-corrected chi connectivity index (χ3v) is 5.10. The van der Waals surface area contributed by atoms with Gasteiger partial charge in [0, 0.05) is 5.92 Å². The lowest BCUT2D eigenvalue weighted by atomic mass is 9.85. The number of hydrogen-bond donors (Lipinski definition) is 1. The highest BCUT2D eigenvalue weighted by molar-refractivity contribution is 5.15. The van der Waals surface area contributed by atoms with E-state index in [-0.39, 0.29) is 0 Å². The normalized spacial score (nSPS) is 13.8. The van der Waals surface area contributed by atoms with Gasteiger partial charge in [0.2, 0.25) is 6.33 Å². The summed E-state index contributed by atoms with van der Waals surface area (Å²) in [5.41, 5.74) is 1.48. The molecule has 1 N–H and O–H groups in total. The minimum atomic E-state index is 0.604. The predicted molar refractivity (Wildman–Crippen MR) is 102 cm³/mol. The lowest BCUT2D eigenvalue weighted by molar-refractivity contribution is -0.730. The van der Waals surface area contributed by atoms with Crippen molar-refractivity contribution in [2.24, 2.45) is 5.92 Å². The monoisotopic (exact) mass is 327 g/mol. The Kier molecular flexibility index (Phi) is 8.65. The molecule has 0 bridgehead atoms. The molecule has 0 aliphatic carbocycles. The number of hydrogen-bond acceptors (Lipinski definition) is 0. The summed E-state index contributed by atoms with van der Waals surface area (Å²) >= 11 is 0. The Morgan fingerprint density at radius 2 is 1.71 bits per heavy atom. The molecule has 0 aliphatic heterocycles. The first kappa shape index (κ1) is 18.8. The van der Waals surface area contributed by atoms with Crippen LogP contribution in [0.3, 0.4) is 0 Å². The molecule has 0 saturated heterocycles. The van der Waals surface area contributed by atoms with Crippen molar-refractivity contribution >= 4 is 0 Å². The second-order valence-electron chi connectivity index (χ2n) is 7.07. The second-order valence-corrected chi connectivity index (χ2v) is 7.07. The Hall–Kier alpha value is -1.57. The van der Waals surface area contributed by atoms with Crippen LogP contribution in [0.2, 0.25) is 0 Å². The zero-order valence-corrected chi connectivity index (χ0v) is 15.6. The Bertz CT molecular complexity index is 518. The van der Waals surface area contributed by atoms with Crippen LogP contribution >= 0.6 is 0 Å². The van der Waals surface area contributed by atoms with E-state index in [1.807, 2.05) is 6.20 Å². The van der Waals surface area contributed by atoms with Crippen LogP contribution in [0.5, 0.6) is 0 Å². The average molecular weight is 328 g/mol. The first-order chi connectivity index (χ1) is 11.8. The fourth-order valence-corrected chi connectivity index (χ4v) is 3.79. The van der Waals surface area contributed by atoms with E-state index in [0.717, 1.165) is 5.92 Å². The van der Waals surface area contributed by atoms with Crippen LogP contribution in [0, 0.1) is 5.92 Å². The van der Waals surface area contributed by atoms with Crippen molar-refractivity contribution in [3.8, 4) is 0 Å². The summed E-state index contributed by atoms with van der Waals surface area (Å²) in [7, 11) is 0. The standard InChI is InChI=1S/C22H34N2/c1-3-5-6-7-11-15-21(18-20-13-9-8-10-14-20)22(12-4-2)24-17-16-23-19-24/h8-10,13-14,16-17,19,21-22H,3-7,11-12,15,18H2,1-2H3/p+1. The van der Waals surface area contributed by atoms with Gasteiger partial charge in [0.25, 0.3) is 0 Å². The van der Waals surface area contributed by atoms with Crippen molar-refractivity contribution in [3.05, 3.63) is 54.6 Å². The van der Waals surface area contributed by atoms with E-state index in [4.69, 9.17) is 0 Å². The molecule has 2 rings (SSSR count). The molecule has 2 aromatic rings. The zero-order valence-electron chi connectivity index (χ0n) is 15.6. The van der Waals surface area contributed by atoms with Gasteiger partial charge >= 0.3 is 0 Å². The quantitative estimate of drug-likeness (QED) is 0.372. The molecule has 1 heterocycles.